The first-order valence-electron chi connectivity index (χ1n) is 11.4. The third-order valence-electron chi connectivity index (χ3n) is 5.88. The van der Waals surface area contributed by atoms with Crippen molar-refractivity contribution in [3.05, 3.63) is 107 Å². The molecule has 0 saturated heterocycles. The molecule has 8 nitrogen and oxygen atoms in total. The quantitative estimate of drug-likeness (QED) is 0.352. The molecule has 0 spiro atoms. The summed E-state index contributed by atoms with van der Waals surface area (Å²) in [6, 6.07) is 23.5. The molecule has 2 heterocycles. The van der Waals surface area contributed by atoms with Crippen LogP contribution in [0.4, 0.5) is 11.4 Å². The Balaban J connectivity index is 1.36. The molecule has 0 unspecified atom stereocenters. The van der Waals surface area contributed by atoms with Crippen LogP contribution >= 0.6 is 0 Å². The van der Waals surface area contributed by atoms with Gasteiger partial charge in [0.25, 0.3) is 11.5 Å². The van der Waals surface area contributed by atoms with E-state index in [2.05, 4.69) is 15.5 Å². The Morgan fingerprint density at radius 3 is 2.47 bits per heavy atom. The molecule has 180 valence electrons. The summed E-state index contributed by atoms with van der Waals surface area (Å²) in [5, 5.41) is 10.8. The van der Waals surface area contributed by atoms with Crippen LogP contribution in [0.25, 0.3) is 16.6 Å². The number of aromatic amines is 1. The SMILES string of the molecule is Cc1ccc(C(=O)Nc2ccc(Oc3cc4cn[nH]c4cc3N(C)C)cc2)c(=O)n1-c1ccccc1. The van der Waals surface area contributed by atoms with Crippen LogP contribution in [0.15, 0.2) is 89.9 Å². The number of ether oxygens (including phenoxy) is 1. The van der Waals surface area contributed by atoms with Crippen molar-refractivity contribution < 1.29 is 9.53 Å². The summed E-state index contributed by atoms with van der Waals surface area (Å²) in [6.45, 7) is 1.83. The van der Waals surface area contributed by atoms with E-state index in [1.807, 2.05) is 68.4 Å². The molecule has 0 fully saturated rings. The number of carbonyl (C=O) groups is 1. The second-order valence-electron chi connectivity index (χ2n) is 8.62. The zero-order valence-corrected chi connectivity index (χ0v) is 20.1. The van der Waals surface area contributed by atoms with E-state index in [4.69, 9.17) is 4.74 Å². The van der Waals surface area contributed by atoms with E-state index < -0.39 is 5.91 Å². The van der Waals surface area contributed by atoms with Crippen LogP contribution in [0.2, 0.25) is 0 Å². The van der Waals surface area contributed by atoms with Gasteiger partial charge >= 0.3 is 0 Å². The van der Waals surface area contributed by atoms with Crippen molar-refractivity contribution in [3.63, 3.8) is 0 Å². The highest BCUT2D eigenvalue weighted by molar-refractivity contribution is 6.04. The first-order chi connectivity index (χ1) is 17.4. The lowest BCUT2D eigenvalue weighted by atomic mass is 10.2. The normalized spacial score (nSPS) is 10.9. The van der Waals surface area contributed by atoms with Crippen LogP contribution in [0, 0.1) is 6.92 Å². The number of nitrogens with one attached hydrogen (secondary N) is 2. The fourth-order valence-electron chi connectivity index (χ4n) is 4.02. The second-order valence-corrected chi connectivity index (χ2v) is 8.62. The largest absolute Gasteiger partial charge is 0.455 e. The molecule has 3 aromatic carbocycles. The fraction of sp³-hybridized carbons (Fsp3) is 0.107. The van der Waals surface area contributed by atoms with E-state index in [-0.39, 0.29) is 11.1 Å². The Morgan fingerprint density at radius 2 is 1.75 bits per heavy atom. The van der Waals surface area contributed by atoms with E-state index in [0.717, 1.165) is 22.3 Å². The number of hydrogen-bond acceptors (Lipinski definition) is 5. The van der Waals surface area contributed by atoms with Gasteiger partial charge in [0.05, 0.1) is 17.4 Å². The smallest absolute Gasteiger partial charge is 0.268 e. The molecule has 0 radical (unpaired) electrons. The first kappa shape index (κ1) is 22.9. The van der Waals surface area contributed by atoms with Crippen LogP contribution in [-0.4, -0.2) is 34.8 Å². The number of aromatic nitrogens is 3. The Bertz CT molecular complexity index is 1600. The summed E-state index contributed by atoms with van der Waals surface area (Å²) in [5.74, 6) is 0.825. The molecule has 0 aliphatic heterocycles. The number of nitrogens with zero attached hydrogens (tertiary/aromatic N) is 3. The number of carbonyl (C=O) groups excluding carboxylic acids is 1. The first-order valence-corrected chi connectivity index (χ1v) is 11.4. The number of H-pyrrole nitrogens is 1. The third kappa shape index (κ3) is 4.44. The highest BCUT2D eigenvalue weighted by Crippen LogP contribution is 2.35. The Labute approximate surface area is 207 Å². The molecule has 2 aromatic heterocycles. The number of pyridine rings is 1. The van der Waals surface area contributed by atoms with Gasteiger partial charge in [-0.15, -0.1) is 0 Å². The van der Waals surface area contributed by atoms with Crippen molar-refractivity contribution in [3.8, 4) is 17.2 Å². The standard InChI is InChI=1S/C28H25N5O3/c1-18-9-14-23(28(35)33(18)21-7-5-4-6-8-21)27(34)30-20-10-12-22(13-11-20)36-26-15-19-17-29-31-24(19)16-25(26)32(2)3/h4-17H,1-3H3,(H,29,31)(H,30,34). The van der Waals surface area contributed by atoms with Crippen molar-refractivity contribution in [2.45, 2.75) is 6.92 Å². The van der Waals surface area contributed by atoms with Gasteiger partial charge in [0, 0.05) is 36.6 Å². The lowest BCUT2D eigenvalue weighted by Crippen LogP contribution is -2.29. The maximum atomic E-state index is 13.1. The van der Waals surface area contributed by atoms with Crippen LogP contribution < -0.4 is 20.5 Å². The number of amides is 1. The lowest BCUT2D eigenvalue weighted by molar-refractivity contribution is 0.102. The van der Waals surface area contributed by atoms with Crippen molar-refractivity contribution in [2.24, 2.45) is 0 Å². The van der Waals surface area contributed by atoms with E-state index in [1.54, 1.807) is 42.6 Å². The van der Waals surface area contributed by atoms with Crippen molar-refractivity contribution in [1.82, 2.24) is 14.8 Å². The van der Waals surface area contributed by atoms with Gasteiger partial charge in [0.1, 0.15) is 11.3 Å². The topological polar surface area (TPSA) is 92.2 Å². The number of fused-ring (bicyclic) bond motifs is 1. The van der Waals surface area contributed by atoms with Gasteiger partial charge in [-0.2, -0.15) is 5.10 Å². The van der Waals surface area contributed by atoms with Gasteiger partial charge in [-0.3, -0.25) is 19.3 Å². The van der Waals surface area contributed by atoms with E-state index in [9.17, 15) is 9.59 Å². The van der Waals surface area contributed by atoms with Gasteiger partial charge in [-0.1, -0.05) is 18.2 Å². The Hall–Kier alpha value is -4.85. The molecule has 1 amide bonds. The number of para-hydroxylation sites is 1. The average molecular weight is 480 g/mol. The maximum absolute atomic E-state index is 13.1. The average Bonchev–Trinajstić information content (AvgIpc) is 3.33. The number of aryl methyl sites for hydroxylation is 1. The molecule has 0 aliphatic carbocycles. The lowest BCUT2D eigenvalue weighted by Gasteiger charge is -2.18. The van der Waals surface area contributed by atoms with Crippen molar-refractivity contribution in [2.75, 3.05) is 24.3 Å². The predicted octanol–water partition coefficient (Wildman–Crippen LogP) is 5.13. The summed E-state index contributed by atoms with van der Waals surface area (Å²) >= 11 is 0. The monoisotopic (exact) mass is 479 g/mol. The second kappa shape index (κ2) is 9.42. The number of hydrogen-bond donors (Lipinski definition) is 2. The zero-order chi connectivity index (χ0) is 25.2. The van der Waals surface area contributed by atoms with Crippen LogP contribution in [0.3, 0.4) is 0 Å². The molecule has 5 aromatic rings. The number of benzene rings is 3. The molecule has 0 aliphatic rings. The summed E-state index contributed by atoms with van der Waals surface area (Å²) in [4.78, 5) is 28.0. The molecular weight excluding hydrogens is 454 g/mol. The molecule has 0 saturated carbocycles. The molecule has 36 heavy (non-hydrogen) atoms. The van der Waals surface area contributed by atoms with Crippen molar-refractivity contribution in [1.29, 1.82) is 0 Å². The fourth-order valence-corrected chi connectivity index (χ4v) is 4.02. The summed E-state index contributed by atoms with van der Waals surface area (Å²) in [6.07, 6.45) is 1.75. The Morgan fingerprint density at radius 1 is 1.00 bits per heavy atom. The van der Waals surface area contributed by atoms with E-state index in [0.29, 0.717) is 22.9 Å². The minimum Gasteiger partial charge on any atom is -0.455 e. The number of anilines is 2. The van der Waals surface area contributed by atoms with E-state index in [1.165, 1.54) is 4.57 Å². The molecule has 2 N–H and O–H groups in total. The summed E-state index contributed by atoms with van der Waals surface area (Å²) in [5.41, 5.74) is 3.52. The summed E-state index contributed by atoms with van der Waals surface area (Å²) in [7, 11) is 3.89. The highest BCUT2D eigenvalue weighted by Gasteiger charge is 2.16. The molecule has 8 heteroatoms. The van der Waals surface area contributed by atoms with Gasteiger partial charge in [-0.25, -0.2) is 0 Å². The summed E-state index contributed by atoms with van der Waals surface area (Å²) < 4.78 is 7.67. The van der Waals surface area contributed by atoms with Gasteiger partial charge < -0.3 is 15.0 Å². The third-order valence-corrected chi connectivity index (χ3v) is 5.88. The molecular formula is C28H25N5O3. The zero-order valence-electron chi connectivity index (χ0n) is 20.1. The van der Waals surface area contributed by atoms with E-state index >= 15 is 0 Å². The van der Waals surface area contributed by atoms with Gasteiger partial charge in [-0.05, 0) is 67.6 Å². The maximum Gasteiger partial charge on any atom is 0.268 e. The molecule has 5 rings (SSSR count). The van der Waals surface area contributed by atoms with Crippen LogP contribution in [0.1, 0.15) is 16.1 Å². The Kier molecular flexibility index (Phi) is 6.00. The highest BCUT2D eigenvalue weighted by atomic mass is 16.5. The van der Waals surface area contributed by atoms with Crippen LogP contribution in [-0.2, 0) is 0 Å². The van der Waals surface area contributed by atoms with Gasteiger partial charge in [0.15, 0.2) is 5.75 Å². The van der Waals surface area contributed by atoms with Crippen molar-refractivity contribution >= 4 is 28.2 Å². The minimum atomic E-state index is -0.473. The van der Waals surface area contributed by atoms with Gasteiger partial charge in [0.2, 0.25) is 0 Å². The molecule has 0 bridgehead atoms. The van der Waals surface area contributed by atoms with Crippen LogP contribution in [0.5, 0.6) is 11.5 Å². The predicted molar refractivity (Wildman–Crippen MR) is 142 cm³/mol. The molecule has 0 atom stereocenters. The number of rotatable bonds is 6. The minimum absolute atomic E-state index is 0.0637.